The van der Waals surface area contributed by atoms with Crippen LogP contribution >= 0.6 is 0 Å². The van der Waals surface area contributed by atoms with Crippen LogP contribution in [-0.4, -0.2) is 34.8 Å². The molecule has 0 aromatic carbocycles. The van der Waals surface area contributed by atoms with Gasteiger partial charge < -0.3 is 0 Å². The Morgan fingerprint density at radius 1 is 1.45 bits per heavy atom. The minimum absolute atomic E-state index is 0.00433. The van der Waals surface area contributed by atoms with Crippen LogP contribution in [0.3, 0.4) is 0 Å². The van der Waals surface area contributed by atoms with E-state index >= 15 is 0 Å². The normalized spacial score (nSPS) is 26.3. The van der Waals surface area contributed by atoms with Crippen molar-refractivity contribution in [2.75, 3.05) is 11.5 Å². The maximum Gasteiger partial charge on any atom is 0.416 e. The van der Waals surface area contributed by atoms with Crippen molar-refractivity contribution in [1.82, 2.24) is 10.0 Å². The van der Waals surface area contributed by atoms with Crippen LogP contribution in [-0.2, 0) is 11.0 Å². The first-order valence-electron chi connectivity index (χ1n) is 6.18. The number of pyridine rings is 1. The van der Waals surface area contributed by atoms with Gasteiger partial charge in [0.15, 0.2) is 0 Å². The highest BCUT2D eigenvalue weighted by molar-refractivity contribution is 5.94. The average Bonchev–Trinajstić information content (AvgIpc) is 2.94. The van der Waals surface area contributed by atoms with Gasteiger partial charge >= 0.3 is 12.2 Å². The minimum Gasteiger partial charge on any atom is -0.272 e. The fraction of sp³-hybridized carbons (Fsp3) is 0.500. The summed E-state index contributed by atoms with van der Waals surface area (Å²) in [4.78, 5) is 22.5. The van der Waals surface area contributed by atoms with Gasteiger partial charge in [0.2, 0.25) is 0 Å². The van der Waals surface area contributed by atoms with E-state index in [1.165, 1.54) is 9.96 Å². The quantitative estimate of drug-likeness (QED) is 0.797. The molecule has 5 nitrogen and oxygen atoms in total. The maximum atomic E-state index is 12.7. The fourth-order valence-corrected chi connectivity index (χ4v) is 2.60. The Morgan fingerprint density at radius 3 is 2.85 bits per heavy atom. The molecule has 3 heterocycles. The summed E-state index contributed by atoms with van der Waals surface area (Å²) in [5, 5.41) is 1.23. The van der Waals surface area contributed by atoms with Crippen molar-refractivity contribution < 1.29 is 22.8 Å². The molecule has 2 fully saturated rings. The van der Waals surface area contributed by atoms with Gasteiger partial charge in [0, 0.05) is 6.20 Å². The number of carbonyl (C=O) groups excluding carboxylic acids is 1. The lowest BCUT2D eigenvalue weighted by Crippen LogP contribution is -2.35. The van der Waals surface area contributed by atoms with E-state index in [0.29, 0.717) is 13.0 Å². The lowest BCUT2D eigenvalue weighted by molar-refractivity contribution is -0.137. The van der Waals surface area contributed by atoms with Gasteiger partial charge in [-0.15, -0.1) is 0 Å². The Kier molecular flexibility index (Phi) is 2.86. The first-order valence-corrected chi connectivity index (χ1v) is 6.18. The number of hydrogen-bond acceptors (Lipinski definition) is 3. The van der Waals surface area contributed by atoms with E-state index in [2.05, 4.69) is 4.98 Å². The number of hydrogen-bond donors (Lipinski definition) is 0. The Balaban J connectivity index is 1.95. The van der Waals surface area contributed by atoms with E-state index < -0.39 is 17.8 Å². The molecule has 2 aliphatic heterocycles. The maximum absolute atomic E-state index is 12.7. The highest BCUT2D eigenvalue weighted by atomic mass is 19.4. The summed E-state index contributed by atoms with van der Waals surface area (Å²) in [5.74, 6) is -0.00433. The standard InChI is InChI=1S/C12H12F3N3O2/c1-7-9-3-5-20-18(9)11(19)17(7)10-6-8(2-4-16-10)12(13,14)15/h2,4,6-7,9H,3,5H2,1H3. The van der Waals surface area contributed by atoms with Gasteiger partial charge in [0.05, 0.1) is 24.3 Å². The molecule has 0 radical (unpaired) electrons. The van der Waals surface area contributed by atoms with Crippen LogP contribution in [0.1, 0.15) is 18.9 Å². The summed E-state index contributed by atoms with van der Waals surface area (Å²) < 4.78 is 38.1. The molecule has 8 heteroatoms. The number of anilines is 1. The molecule has 0 N–H and O–H groups in total. The summed E-state index contributed by atoms with van der Waals surface area (Å²) in [7, 11) is 0. The molecule has 2 saturated heterocycles. The Labute approximate surface area is 112 Å². The molecule has 20 heavy (non-hydrogen) atoms. The zero-order chi connectivity index (χ0) is 14.5. The monoisotopic (exact) mass is 287 g/mol. The van der Waals surface area contributed by atoms with Crippen molar-refractivity contribution >= 4 is 11.8 Å². The average molecular weight is 287 g/mol. The topological polar surface area (TPSA) is 45.7 Å². The van der Waals surface area contributed by atoms with E-state index in [1.807, 2.05) is 0 Å². The molecule has 108 valence electrons. The van der Waals surface area contributed by atoms with Gasteiger partial charge in [0.25, 0.3) is 0 Å². The van der Waals surface area contributed by atoms with Crippen LogP contribution in [0.4, 0.5) is 23.8 Å². The number of carbonyl (C=O) groups is 1. The molecular formula is C12H12F3N3O2. The molecule has 3 rings (SSSR count). The van der Waals surface area contributed by atoms with E-state index in [1.54, 1.807) is 6.92 Å². The summed E-state index contributed by atoms with van der Waals surface area (Å²) in [5.41, 5.74) is -0.824. The van der Waals surface area contributed by atoms with Crippen molar-refractivity contribution in [3.05, 3.63) is 23.9 Å². The van der Waals surface area contributed by atoms with E-state index in [0.717, 1.165) is 18.3 Å². The predicted molar refractivity (Wildman–Crippen MR) is 62.8 cm³/mol. The van der Waals surface area contributed by atoms with Crippen molar-refractivity contribution in [2.24, 2.45) is 0 Å². The fourth-order valence-electron chi connectivity index (χ4n) is 2.60. The number of halogens is 3. The molecule has 0 aliphatic carbocycles. The number of rotatable bonds is 1. The second-order valence-electron chi connectivity index (χ2n) is 4.81. The third-order valence-electron chi connectivity index (χ3n) is 3.62. The van der Waals surface area contributed by atoms with Crippen molar-refractivity contribution in [2.45, 2.75) is 31.6 Å². The van der Waals surface area contributed by atoms with Gasteiger partial charge in [-0.3, -0.25) is 9.74 Å². The van der Waals surface area contributed by atoms with E-state index in [9.17, 15) is 18.0 Å². The first kappa shape index (κ1) is 13.2. The number of nitrogens with zero attached hydrogens (tertiary/aromatic N) is 3. The summed E-state index contributed by atoms with van der Waals surface area (Å²) >= 11 is 0. The third kappa shape index (κ3) is 1.91. The second-order valence-corrected chi connectivity index (χ2v) is 4.81. The van der Waals surface area contributed by atoms with Crippen molar-refractivity contribution in [1.29, 1.82) is 0 Å². The molecule has 2 atom stereocenters. The molecule has 2 amide bonds. The molecule has 2 aliphatic rings. The van der Waals surface area contributed by atoms with Crippen LogP contribution in [0, 0.1) is 0 Å². The third-order valence-corrected chi connectivity index (χ3v) is 3.62. The zero-order valence-corrected chi connectivity index (χ0v) is 10.6. The highest BCUT2D eigenvalue weighted by Crippen LogP contribution is 2.35. The van der Waals surface area contributed by atoms with Gasteiger partial charge in [-0.05, 0) is 25.5 Å². The summed E-state index contributed by atoms with van der Waals surface area (Å²) in [6.07, 6.45) is -2.73. The van der Waals surface area contributed by atoms with Gasteiger partial charge in [-0.25, -0.2) is 9.78 Å². The Hall–Kier alpha value is -1.83. The first-order chi connectivity index (χ1) is 9.39. The number of alkyl halides is 3. The van der Waals surface area contributed by atoms with E-state index in [-0.39, 0.29) is 17.9 Å². The molecular weight excluding hydrogens is 275 g/mol. The number of fused-ring (bicyclic) bond motifs is 1. The zero-order valence-electron chi connectivity index (χ0n) is 10.6. The molecule has 0 saturated carbocycles. The number of urea groups is 1. The SMILES string of the molecule is CC1C2CCON2C(=O)N1c1cc(C(F)(F)F)ccn1. The molecule has 2 unspecified atom stereocenters. The highest BCUT2D eigenvalue weighted by Gasteiger charge is 2.48. The molecule has 1 aromatic rings. The Bertz CT molecular complexity index is 549. The second kappa shape index (κ2) is 4.34. The van der Waals surface area contributed by atoms with Gasteiger partial charge in [-0.2, -0.15) is 18.2 Å². The van der Waals surface area contributed by atoms with Crippen LogP contribution in [0.2, 0.25) is 0 Å². The molecule has 0 bridgehead atoms. The number of amides is 2. The Morgan fingerprint density at radius 2 is 2.20 bits per heavy atom. The summed E-state index contributed by atoms with van der Waals surface area (Å²) in [6, 6.07) is 0.884. The number of hydroxylamine groups is 2. The predicted octanol–water partition coefficient (Wildman–Crippen LogP) is 2.43. The van der Waals surface area contributed by atoms with Crippen LogP contribution in [0.15, 0.2) is 18.3 Å². The molecule has 1 aromatic heterocycles. The van der Waals surface area contributed by atoms with Crippen LogP contribution < -0.4 is 4.90 Å². The van der Waals surface area contributed by atoms with Crippen molar-refractivity contribution in [3.8, 4) is 0 Å². The van der Waals surface area contributed by atoms with Crippen LogP contribution in [0.25, 0.3) is 0 Å². The largest absolute Gasteiger partial charge is 0.416 e. The van der Waals surface area contributed by atoms with Gasteiger partial charge in [-0.1, -0.05) is 0 Å². The molecule has 0 spiro atoms. The van der Waals surface area contributed by atoms with Crippen LogP contribution in [0.5, 0.6) is 0 Å². The minimum atomic E-state index is -4.46. The van der Waals surface area contributed by atoms with E-state index in [4.69, 9.17) is 4.84 Å². The number of aromatic nitrogens is 1. The lowest BCUT2D eigenvalue weighted by Gasteiger charge is -2.21. The smallest absolute Gasteiger partial charge is 0.272 e. The summed E-state index contributed by atoms with van der Waals surface area (Å²) in [6.45, 7) is 2.23. The lowest BCUT2D eigenvalue weighted by atomic mass is 10.1. The van der Waals surface area contributed by atoms with Crippen molar-refractivity contribution in [3.63, 3.8) is 0 Å². The van der Waals surface area contributed by atoms with Gasteiger partial charge in [0.1, 0.15) is 5.82 Å².